The number of hydrogen-bond acceptors (Lipinski definition) is 4. The largest absolute Gasteiger partial charge is 0.507 e. The van der Waals surface area contributed by atoms with E-state index in [0.29, 0.717) is 18.0 Å². The number of halogens is 1. The molecule has 0 spiro atoms. The second kappa shape index (κ2) is 13.3. The maximum Gasteiger partial charge on any atom is 0.182 e. The van der Waals surface area contributed by atoms with Crippen molar-refractivity contribution in [3.63, 3.8) is 0 Å². The van der Waals surface area contributed by atoms with Crippen molar-refractivity contribution in [3.8, 4) is 5.75 Å². The van der Waals surface area contributed by atoms with Gasteiger partial charge in [-0.3, -0.25) is 9.79 Å². The van der Waals surface area contributed by atoms with Crippen molar-refractivity contribution in [2.24, 2.45) is 16.8 Å². The molecule has 1 aliphatic rings. The van der Waals surface area contributed by atoms with Crippen molar-refractivity contribution in [1.29, 1.82) is 0 Å². The lowest BCUT2D eigenvalue weighted by Crippen LogP contribution is -2.34. The van der Waals surface area contributed by atoms with E-state index >= 15 is 0 Å². The van der Waals surface area contributed by atoms with Crippen molar-refractivity contribution in [3.05, 3.63) is 64.7 Å². The van der Waals surface area contributed by atoms with Crippen LogP contribution in [0.4, 0.5) is 0 Å². The Morgan fingerprint density at radius 3 is 2.11 bits per heavy atom. The first-order valence-electron chi connectivity index (χ1n) is 13.7. The summed E-state index contributed by atoms with van der Waals surface area (Å²) in [5.41, 5.74) is 2.90. The van der Waals surface area contributed by atoms with Gasteiger partial charge < -0.3 is 15.1 Å². The number of aliphatic hydroxyl groups is 1. The van der Waals surface area contributed by atoms with Gasteiger partial charge in [-0.25, -0.2) is 0 Å². The lowest BCUT2D eigenvalue weighted by molar-refractivity contribution is 0.0963. The van der Waals surface area contributed by atoms with E-state index in [4.69, 9.17) is 4.99 Å². The third-order valence-corrected chi connectivity index (χ3v) is 7.39. The maximum atomic E-state index is 13.8. The fourth-order valence-electron chi connectivity index (χ4n) is 5.47. The molecule has 2 N–H and O–H groups in total. The molecule has 0 aliphatic carbocycles. The van der Waals surface area contributed by atoms with Crippen LogP contribution >= 0.6 is 17.0 Å². The number of benzene rings is 2. The number of aliphatic hydroxyl groups excluding tert-OH is 1. The highest BCUT2D eigenvalue weighted by molar-refractivity contribution is 8.93. The fraction of sp³-hybridized carbons (Fsp3) is 0.562. The van der Waals surface area contributed by atoms with Crippen LogP contribution in [0.2, 0.25) is 0 Å². The van der Waals surface area contributed by atoms with Gasteiger partial charge in [-0.15, -0.1) is 17.0 Å². The number of carbonyl (C=O) groups excluding carboxylic acids is 1. The summed E-state index contributed by atoms with van der Waals surface area (Å²) >= 11 is 0. The van der Waals surface area contributed by atoms with E-state index < -0.39 is 0 Å². The highest BCUT2D eigenvalue weighted by atomic mass is 79.9. The number of ketones is 1. The van der Waals surface area contributed by atoms with Gasteiger partial charge in [0.05, 0.1) is 19.7 Å². The zero-order valence-corrected chi connectivity index (χ0v) is 26.0. The number of likely N-dealkylation sites (tertiary alicyclic amines) is 1. The zero-order chi connectivity index (χ0) is 27.4. The van der Waals surface area contributed by atoms with E-state index in [-0.39, 0.29) is 58.4 Å². The molecule has 2 aromatic rings. The molecule has 1 heterocycles. The number of rotatable bonds is 9. The highest BCUT2D eigenvalue weighted by Crippen LogP contribution is 2.40. The number of nitrogens with zero attached hydrogens (tertiary/aromatic N) is 2. The predicted molar refractivity (Wildman–Crippen MR) is 163 cm³/mol. The van der Waals surface area contributed by atoms with E-state index in [1.54, 1.807) is 0 Å². The van der Waals surface area contributed by atoms with Crippen LogP contribution < -0.4 is 0 Å². The summed E-state index contributed by atoms with van der Waals surface area (Å²) < 4.78 is 0. The molecule has 1 aliphatic heterocycles. The number of aromatic hydroxyl groups is 1. The number of phenols is 1. The Hall–Kier alpha value is -2.18. The van der Waals surface area contributed by atoms with Crippen molar-refractivity contribution in [2.45, 2.75) is 78.6 Å². The minimum Gasteiger partial charge on any atom is -0.507 e. The van der Waals surface area contributed by atoms with E-state index in [2.05, 4.69) is 77.6 Å². The van der Waals surface area contributed by atoms with Crippen molar-refractivity contribution < 1.29 is 15.0 Å². The second-order valence-corrected chi connectivity index (χ2v) is 12.5. The normalized spacial score (nSPS) is 19.1. The van der Waals surface area contributed by atoms with Crippen LogP contribution in [0, 0.1) is 11.8 Å². The summed E-state index contributed by atoms with van der Waals surface area (Å²) in [6.07, 6.45) is 3.02. The molecule has 5 nitrogen and oxygen atoms in total. The van der Waals surface area contributed by atoms with Crippen LogP contribution in [0.5, 0.6) is 5.75 Å². The number of Topliss-reactive ketones (excluding diaryl/α,β-unsaturated/α-hetero) is 1. The molecule has 3 rings (SSSR count). The third kappa shape index (κ3) is 7.69. The van der Waals surface area contributed by atoms with Gasteiger partial charge in [-0.1, -0.05) is 85.2 Å². The molecule has 2 aromatic carbocycles. The first-order chi connectivity index (χ1) is 17.4. The van der Waals surface area contributed by atoms with E-state index in [1.165, 1.54) is 5.56 Å². The summed E-state index contributed by atoms with van der Waals surface area (Å²) in [6, 6.07) is 14.2. The molecule has 210 valence electrons. The Balaban J connectivity index is 0.00000507. The standard InChI is InChI=1S/C32H46N2O3.BrH/c1-8-12-23-20-34(30(33-15-16-35)25(23)17-22-13-10-9-11-14-22)21-28(36)24-18-26(31(2,3)4)29(37)27(19-24)32(5,6)7;/h9-11,13-14,18-19,23,25,35,37H,8,12,15-17,20-21H2,1-7H3;1H/t23-,25+;/m0./s1. The van der Waals surface area contributed by atoms with E-state index in [0.717, 1.165) is 42.8 Å². The monoisotopic (exact) mass is 586 g/mol. The highest BCUT2D eigenvalue weighted by Gasteiger charge is 2.38. The van der Waals surface area contributed by atoms with Gasteiger partial charge in [0.1, 0.15) is 11.6 Å². The number of phenolic OH excluding ortho intramolecular Hbond substituents is 1. The van der Waals surface area contributed by atoms with Gasteiger partial charge >= 0.3 is 0 Å². The Kier molecular flexibility index (Phi) is 11.2. The number of hydrogen-bond donors (Lipinski definition) is 2. The number of amidine groups is 1. The molecule has 1 saturated heterocycles. The first-order valence-corrected chi connectivity index (χ1v) is 13.7. The van der Waals surface area contributed by atoms with Crippen LogP contribution in [0.15, 0.2) is 47.5 Å². The second-order valence-electron chi connectivity index (χ2n) is 12.5. The summed E-state index contributed by atoms with van der Waals surface area (Å²) in [5.74, 6) is 1.88. The predicted octanol–water partition coefficient (Wildman–Crippen LogP) is 6.73. The summed E-state index contributed by atoms with van der Waals surface area (Å²) in [7, 11) is 0. The molecule has 2 atom stereocenters. The minimum atomic E-state index is -0.297. The SMILES string of the molecule is Br.CCC[C@H]1CN(CC(=O)c2cc(C(C)(C)C)c(O)c(C(C)(C)C)c2)C(=NCCO)[C@@H]1Cc1ccccc1. The quantitative estimate of drug-likeness (QED) is 0.319. The Labute approximate surface area is 240 Å². The third-order valence-electron chi connectivity index (χ3n) is 7.39. The summed E-state index contributed by atoms with van der Waals surface area (Å²) in [4.78, 5) is 20.7. The molecule has 38 heavy (non-hydrogen) atoms. The summed E-state index contributed by atoms with van der Waals surface area (Å²) in [5, 5.41) is 20.6. The average Bonchev–Trinajstić information content (AvgIpc) is 3.12. The van der Waals surface area contributed by atoms with E-state index in [9.17, 15) is 15.0 Å². The van der Waals surface area contributed by atoms with Gasteiger partial charge in [-0.05, 0) is 47.3 Å². The van der Waals surface area contributed by atoms with Crippen LogP contribution in [-0.2, 0) is 17.3 Å². The summed E-state index contributed by atoms with van der Waals surface area (Å²) in [6.45, 7) is 15.9. The van der Waals surface area contributed by atoms with Gasteiger partial charge in [0.15, 0.2) is 5.78 Å². The zero-order valence-electron chi connectivity index (χ0n) is 24.3. The van der Waals surface area contributed by atoms with Crippen LogP contribution in [0.1, 0.15) is 88.4 Å². The van der Waals surface area contributed by atoms with Gasteiger partial charge in [0.25, 0.3) is 0 Å². The lowest BCUT2D eigenvalue weighted by Gasteiger charge is -2.28. The molecule has 1 fully saturated rings. The van der Waals surface area contributed by atoms with Crippen LogP contribution in [0.25, 0.3) is 0 Å². The molecule has 0 saturated carbocycles. The lowest BCUT2D eigenvalue weighted by atomic mass is 9.78. The Bertz CT molecular complexity index is 1060. The molecule has 6 heteroatoms. The molecular formula is C32H47BrN2O3. The maximum absolute atomic E-state index is 13.8. The first kappa shape index (κ1) is 32.0. The van der Waals surface area contributed by atoms with Gasteiger partial charge in [0, 0.05) is 29.2 Å². The van der Waals surface area contributed by atoms with Gasteiger partial charge in [-0.2, -0.15) is 0 Å². The molecule has 0 radical (unpaired) electrons. The van der Waals surface area contributed by atoms with E-state index in [1.807, 2.05) is 18.2 Å². The topological polar surface area (TPSA) is 73.1 Å². The molecule has 0 unspecified atom stereocenters. The van der Waals surface area contributed by atoms with Crippen molar-refractivity contribution in [2.75, 3.05) is 26.2 Å². The van der Waals surface area contributed by atoms with Crippen LogP contribution in [-0.4, -0.2) is 53.0 Å². The minimum absolute atomic E-state index is 0. The molecule has 0 amide bonds. The smallest absolute Gasteiger partial charge is 0.182 e. The molecule has 0 aromatic heterocycles. The number of aliphatic imine (C=N–C) groups is 1. The number of carbonyl (C=O) groups is 1. The van der Waals surface area contributed by atoms with Crippen LogP contribution in [0.3, 0.4) is 0 Å². The Morgan fingerprint density at radius 2 is 1.61 bits per heavy atom. The van der Waals surface area contributed by atoms with Crippen molar-refractivity contribution in [1.82, 2.24) is 4.90 Å². The van der Waals surface area contributed by atoms with Crippen molar-refractivity contribution >= 4 is 28.6 Å². The van der Waals surface area contributed by atoms with Gasteiger partial charge in [0.2, 0.25) is 0 Å². The average molecular weight is 588 g/mol. The Morgan fingerprint density at radius 1 is 1.03 bits per heavy atom. The molecular weight excluding hydrogens is 540 g/mol. The molecule has 0 bridgehead atoms. The fourth-order valence-corrected chi connectivity index (χ4v) is 5.47.